The van der Waals surface area contributed by atoms with Crippen LogP contribution in [0.5, 0.6) is 0 Å². The lowest BCUT2D eigenvalue weighted by molar-refractivity contribution is 0.449. The third-order valence-electron chi connectivity index (χ3n) is 3.61. The first-order valence-electron chi connectivity index (χ1n) is 6.71. The van der Waals surface area contributed by atoms with Crippen molar-refractivity contribution in [3.63, 3.8) is 0 Å². The molecule has 3 heterocycles. The summed E-state index contributed by atoms with van der Waals surface area (Å²) in [7, 11) is 1.99. The van der Waals surface area contributed by atoms with E-state index in [-0.39, 0.29) is 6.04 Å². The van der Waals surface area contributed by atoms with E-state index in [2.05, 4.69) is 44.0 Å². The van der Waals surface area contributed by atoms with Gasteiger partial charge in [-0.15, -0.1) is 0 Å². The molecule has 0 fully saturated rings. The number of nitrogens with one attached hydrogen (secondary N) is 1. The van der Waals surface area contributed by atoms with Crippen molar-refractivity contribution in [2.24, 2.45) is 7.05 Å². The Hall–Kier alpha value is -1.30. The fraction of sp³-hybridized carbons (Fsp3) is 0.538. The molecule has 2 aromatic rings. The van der Waals surface area contributed by atoms with E-state index in [1.165, 1.54) is 5.69 Å². The Morgan fingerprint density at radius 2 is 2.37 bits per heavy atom. The van der Waals surface area contributed by atoms with Crippen molar-refractivity contribution in [1.29, 1.82) is 0 Å². The Kier molecular flexibility index (Phi) is 3.35. The van der Waals surface area contributed by atoms with E-state index < -0.39 is 0 Å². The second-order valence-corrected chi connectivity index (χ2v) is 5.71. The molecule has 1 aliphatic heterocycles. The second kappa shape index (κ2) is 5.00. The highest BCUT2D eigenvalue weighted by Gasteiger charge is 2.27. The van der Waals surface area contributed by atoms with Gasteiger partial charge in [-0.3, -0.25) is 4.68 Å². The molecule has 0 amide bonds. The van der Waals surface area contributed by atoms with E-state index in [4.69, 9.17) is 5.10 Å². The first-order valence-corrected chi connectivity index (χ1v) is 7.50. The molecule has 1 N–H and O–H groups in total. The van der Waals surface area contributed by atoms with Crippen LogP contribution in [-0.4, -0.2) is 26.1 Å². The molecule has 5 nitrogen and oxygen atoms in total. The average Bonchev–Trinajstić information content (AvgIpc) is 2.96. The van der Waals surface area contributed by atoms with Crippen LogP contribution in [0, 0.1) is 0 Å². The lowest BCUT2D eigenvalue weighted by atomic mass is 10.1. The molecule has 0 saturated carbocycles. The standard InChI is InChI=1S/C13H18BrN5/c1-3-4-9-12(14)13-15-7-5-11(19(13)17-9)10-6-8-16-18(10)2/h6,8,11,15H,3-5,7H2,1-2H3. The lowest BCUT2D eigenvalue weighted by Crippen LogP contribution is -2.26. The van der Waals surface area contributed by atoms with Gasteiger partial charge in [0.1, 0.15) is 5.82 Å². The highest BCUT2D eigenvalue weighted by Crippen LogP contribution is 2.36. The van der Waals surface area contributed by atoms with Crippen molar-refractivity contribution < 1.29 is 0 Å². The van der Waals surface area contributed by atoms with Crippen LogP contribution in [0.4, 0.5) is 5.82 Å². The number of aromatic nitrogens is 4. The van der Waals surface area contributed by atoms with E-state index in [9.17, 15) is 0 Å². The minimum absolute atomic E-state index is 0.269. The summed E-state index contributed by atoms with van der Waals surface area (Å²) in [6.07, 6.45) is 4.99. The number of fused-ring (bicyclic) bond motifs is 1. The minimum atomic E-state index is 0.269. The highest BCUT2D eigenvalue weighted by molar-refractivity contribution is 9.10. The van der Waals surface area contributed by atoms with Gasteiger partial charge in [-0.1, -0.05) is 13.3 Å². The van der Waals surface area contributed by atoms with Crippen LogP contribution < -0.4 is 5.32 Å². The SMILES string of the molecule is CCCc1nn2c(c1Br)NCCC2c1ccnn1C. The van der Waals surface area contributed by atoms with Crippen LogP contribution in [0.25, 0.3) is 0 Å². The normalized spacial score (nSPS) is 18.2. The highest BCUT2D eigenvalue weighted by atomic mass is 79.9. The van der Waals surface area contributed by atoms with E-state index in [0.29, 0.717) is 0 Å². The van der Waals surface area contributed by atoms with Gasteiger partial charge in [0.25, 0.3) is 0 Å². The number of aryl methyl sites for hydroxylation is 2. The molecular formula is C13H18BrN5. The van der Waals surface area contributed by atoms with Crippen LogP contribution in [0.15, 0.2) is 16.7 Å². The van der Waals surface area contributed by atoms with Gasteiger partial charge < -0.3 is 5.32 Å². The van der Waals surface area contributed by atoms with Crippen molar-refractivity contribution in [3.05, 3.63) is 28.1 Å². The maximum Gasteiger partial charge on any atom is 0.139 e. The third-order valence-corrected chi connectivity index (χ3v) is 4.44. The fourth-order valence-electron chi connectivity index (χ4n) is 2.68. The van der Waals surface area contributed by atoms with E-state index in [1.807, 2.05) is 17.9 Å². The maximum atomic E-state index is 4.78. The first-order chi connectivity index (χ1) is 9.22. The maximum absolute atomic E-state index is 4.78. The van der Waals surface area contributed by atoms with Gasteiger partial charge in [-0.05, 0) is 34.8 Å². The summed E-state index contributed by atoms with van der Waals surface area (Å²) in [5.41, 5.74) is 2.35. The molecule has 0 aliphatic carbocycles. The molecule has 0 aromatic carbocycles. The van der Waals surface area contributed by atoms with Gasteiger partial charge in [-0.2, -0.15) is 10.2 Å². The Morgan fingerprint density at radius 1 is 1.53 bits per heavy atom. The van der Waals surface area contributed by atoms with E-state index in [0.717, 1.165) is 41.8 Å². The third kappa shape index (κ3) is 2.08. The average molecular weight is 324 g/mol. The topological polar surface area (TPSA) is 47.7 Å². The van der Waals surface area contributed by atoms with Gasteiger partial charge >= 0.3 is 0 Å². The second-order valence-electron chi connectivity index (χ2n) is 4.91. The smallest absolute Gasteiger partial charge is 0.139 e. The Labute approximate surface area is 121 Å². The molecule has 19 heavy (non-hydrogen) atoms. The molecule has 0 spiro atoms. The van der Waals surface area contributed by atoms with Gasteiger partial charge in [0.15, 0.2) is 0 Å². The van der Waals surface area contributed by atoms with Crippen molar-refractivity contribution in [2.45, 2.75) is 32.2 Å². The van der Waals surface area contributed by atoms with E-state index >= 15 is 0 Å². The molecule has 0 saturated heterocycles. The number of anilines is 1. The quantitative estimate of drug-likeness (QED) is 0.944. The summed E-state index contributed by atoms with van der Waals surface area (Å²) < 4.78 is 5.16. The van der Waals surface area contributed by atoms with Gasteiger partial charge in [0.05, 0.1) is 21.9 Å². The van der Waals surface area contributed by atoms with Gasteiger partial charge in [-0.25, -0.2) is 4.68 Å². The first kappa shape index (κ1) is 12.7. The van der Waals surface area contributed by atoms with Crippen LogP contribution >= 0.6 is 15.9 Å². The van der Waals surface area contributed by atoms with Crippen molar-refractivity contribution >= 4 is 21.7 Å². The lowest BCUT2D eigenvalue weighted by Gasteiger charge is -2.25. The molecular weight excluding hydrogens is 306 g/mol. The molecule has 0 radical (unpaired) electrons. The van der Waals surface area contributed by atoms with Crippen LogP contribution in [0.3, 0.4) is 0 Å². The zero-order valence-corrected chi connectivity index (χ0v) is 12.8. The Morgan fingerprint density at radius 3 is 3.05 bits per heavy atom. The molecule has 102 valence electrons. The summed E-state index contributed by atoms with van der Waals surface area (Å²) >= 11 is 3.68. The monoisotopic (exact) mass is 323 g/mol. The molecule has 1 unspecified atom stereocenters. The van der Waals surface area contributed by atoms with Crippen LogP contribution in [-0.2, 0) is 13.5 Å². The number of nitrogens with zero attached hydrogens (tertiary/aromatic N) is 4. The molecule has 1 atom stereocenters. The van der Waals surface area contributed by atoms with Crippen molar-refractivity contribution in [2.75, 3.05) is 11.9 Å². The zero-order valence-electron chi connectivity index (χ0n) is 11.2. The summed E-state index contributed by atoms with van der Waals surface area (Å²) in [5.74, 6) is 1.10. The minimum Gasteiger partial charge on any atom is -0.369 e. The predicted molar refractivity (Wildman–Crippen MR) is 78.4 cm³/mol. The largest absolute Gasteiger partial charge is 0.369 e. The summed E-state index contributed by atoms with van der Waals surface area (Å²) in [6.45, 7) is 3.14. The number of rotatable bonds is 3. The predicted octanol–water partition coefficient (Wildman–Crippen LogP) is 2.74. The fourth-order valence-corrected chi connectivity index (χ4v) is 3.27. The van der Waals surface area contributed by atoms with Gasteiger partial charge in [0.2, 0.25) is 0 Å². The Bertz CT molecular complexity index is 586. The van der Waals surface area contributed by atoms with Crippen molar-refractivity contribution in [3.8, 4) is 0 Å². The van der Waals surface area contributed by atoms with Crippen molar-refractivity contribution in [1.82, 2.24) is 19.6 Å². The van der Waals surface area contributed by atoms with Crippen LogP contribution in [0.2, 0.25) is 0 Å². The molecule has 2 aromatic heterocycles. The number of halogens is 1. The summed E-state index contributed by atoms with van der Waals surface area (Å²) in [4.78, 5) is 0. The molecule has 1 aliphatic rings. The molecule has 3 rings (SSSR count). The molecule has 6 heteroatoms. The Balaban J connectivity index is 2.05. The van der Waals surface area contributed by atoms with Crippen LogP contribution in [0.1, 0.15) is 37.2 Å². The summed E-state index contributed by atoms with van der Waals surface area (Å²) in [6, 6.07) is 2.35. The number of hydrogen-bond acceptors (Lipinski definition) is 3. The van der Waals surface area contributed by atoms with E-state index in [1.54, 1.807) is 0 Å². The number of hydrogen-bond donors (Lipinski definition) is 1. The zero-order chi connectivity index (χ0) is 13.4. The summed E-state index contributed by atoms with van der Waals surface area (Å²) in [5, 5.41) is 12.5. The van der Waals surface area contributed by atoms with Gasteiger partial charge in [0, 0.05) is 19.8 Å². The molecule has 0 bridgehead atoms.